The number of urea groups is 1. The van der Waals surface area contributed by atoms with Crippen LogP contribution < -0.4 is 15.4 Å². The second-order valence-corrected chi connectivity index (χ2v) is 8.37. The van der Waals surface area contributed by atoms with Crippen molar-refractivity contribution in [3.63, 3.8) is 0 Å². The Labute approximate surface area is 193 Å². The molecule has 170 valence electrons. The number of carbonyl (C=O) groups excluding carboxylic acids is 3. The van der Waals surface area contributed by atoms with Gasteiger partial charge in [0.15, 0.2) is 5.54 Å². The number of imide groups is 1. The molecule has 34 heavy (non-hydrogen) atoms. The number of amides is 4. The summed E-state index contributed by atoms with van der Waals surface area (Å²) in [6.45, 7) is 0.798. The minimum atomic E-state index is -1.58. The van der Waals surface area contributed by atoms with Crippen molar-refractivity contribution in [2.45, 2.75) is 12.1 Å². The molecule has 0 aliphatic carbocycles. The predicted octanol–water partition coefficient (Wildman–Crippen LogP) is 1.99. The number of rotatable bonds is 5. The van der Waals surface area contributed by atoms with Gasteiger partial charge in [0.25, 0.3) is 11.8 Å². The molecule has 1 aromatic carbocycles. The number of nitrogens with one attached hydrogen (secondary N) is 2. The lowest BCUT2D eigenvalue weighted by Crippen LogP contribution is -2.52. The summed E-state index contributed by atoms with van der Waals surface area (Å²) in [7, 11) is 1.53. The molecule has 0 saturated carbocycles. The van der Waals surface area contributed by atoms with Crippen LogP contribution in [0.1, 0.15) is 27.4 Å². The van der Waals surface area contributed by atoms with Crippen molar-refractivity contribution in [1.29, 1.82) is 0 Å². The van der Waals surface area contributed by atoms with Crippen molar-refractivity contribution in [3.05, 3.63) is 65.2 Å². The van der Waals surface area contributed by atoms with E-state index in [9.17, 15) is 14.4 Å². The van der Waals surface area contributed by atoms with Crippen molar-refractivity contribution in [1.82, 2.24) is 20.5 Å². The van der Waals surface area contributed by atoms with Crippen LogP contribution >= 0.6 is 0 Å². The standard InChI is InChI=1S/C24H19N5O5/c1-33-16-3-2-14-11-29(21(30)17(14)7-16)12-24(22(31)27-23(32)28-24)20-6-15-10-26-18(8-19(15)34-20)13-4-5-25-9-13/h2-4,6-10H,5,11-12H2,1H3,(H2,27,28,31,32)/t24-/m0/s1. The topological polar surface area (TPSA) is 126 Å². The van der Waals surface area contributed by atoms with Gasteiger partial charge in [-0.1, -0.05) is 12.1 Å². The monoisotopic (exact) mass is 457 g/mol. The van der Waals surface area contributed by atoms with E-state index in [1.54, 1.807) is 36.7 Å². The van der Waals surface area contributed by atoms with Crippen molar-refractivity contribution in [3.8, 4) is 5.75 Å². The maximum atomic E-state index is 13.1. The Morgan fingerprint density at radius 2 is 2.09 bits per heavy atom. The smallest absolute Gasteiger partial charge is 0.322 e. The van der Waals surface area contributed by atoms with E-state index < -0.39 is 17.5 Å². The predicted molar refractivity (Wildman–Crippen MR) is 121 cm³/mol. The largest absolute Gasteiger partial charge is 0.497 e. The van der Waals surface area contributed by atoms with Gasteiger partial charge in [-0.05, 0) is 23.8 Å². The lowest BCUT2D eigenvalue weighted by molar-refractivity contribution is -0.125. The van der Waals surface area contributed by atoms with Crippen LogP contribution in [0.15, 0.2) is 52.0 Å². The molecular formula is C24H19N5O5. The number of aromatic nitrogens is 1. The van der Waals surface area contributed by atoms with Gasteiger partial charge in [-0.25, -0.2) is 4.79 Å². The van der Waals surface area contributed by atoms with Gasteiger partial charge >= 0.3 is 6.03 Å². The molecule has 0 unspecified atom stereocenters. The fourth-order valence-corrected chi connectivity index (χ4v) is 4.56. The molecule has 0 bridgehead atoms. The van der Waals surface area contributed by atoms with Crippen LogP contribution in [0.4, 0.5) is 4.79 Å². The third-order valence-corrected chi connectivity index (χ3v) is 6.33. The number of hydrogen-bond donors (Lipinski definition) is 2. The molecular weight excluding hydrogens is 438 g/mol. The Balaban J connectivity index is 1.38. The zero-order valence-electron chi connectivity index (χ0n) is 18.1. The number of aliphatic imine (C=N–C) groups is 1. The number of benzene rings is 1. The summed E-state index contributed by atoms with van der Waals surface area (Å²) < 4.78 is 11.3. The maximum absolute atomic E-state index is 13.1. The van der Waals surface area contributed by atoms with Crippen molar-refractivity contribution in [2.75, 3.05) is 20.2 Å². The fourth-order valence-electron chi connectivity index (χ4n) is 4.56. The molecule has 3 aliphatic heterocycles. The van der Waals surface area contributed by atoms with E-state index in [-0.39, 0.29) is 18.2 Å². The number of allylic oxidation sites excluding steroid dienone is 1. The molecule has 0 radical (unpaired) electrons. The van der Waals surface area contributed by atoms with E-state index in [1.807, 2.05) is 12.1 Å². The third kappa shape index (κ3) is 2.99. The Kier molecular flexibility index (Phi) is 4.31. The normalized spacial score (nSPS) is 21.1. The molecule has 4 amide bonds. The Morgan fingerprint density at radius 1 is 1.21 bits per heavy atom. The number of ether oxygens (including phenoxy) is 1. The number of nitrogens with zero attached hydrogens (tertiary/aromatic N) is 3. The molecule has 6 rings (SSSR count). The van der Waals surface area contributed by atoms with Crippen molar-refractivity contribution in [2.24, 2.45) is 4.99 Å². The quantitative estimate of drug-likeness (QED) is 0.565. The summed E-state index contributed by atoms with van der Waals surface area (Å²) in [6, 6.07) is 8.07. The maximum Gasteiger partial charge on any atom is 0.322 e. The van der Waals surface area contributed by atoms with Crippen LogP contribution in [-0.2, 0) is 16.9 Å². The highest BCUT2D eigenvalue weighted by Gasteiger charge is 2.53. The van der Waals surface area contributed by atoms with Gasteiger partial charge in [0.2, 0.25) is 0 Å². The number of pyridine rings is 1. The third-order valence-electron chi connectivity index (χ3n) is 6.33. The second-order valence-electron chi connectivity index (χ2n) is 8.37. The van der Waals surface area contributed by atoms with Gasteiger partial charge in [-0.3, -0.25) is 24.9 Å². The van der Waals surface area contributed by atoms with Gasteiger partial charge in [-0.2, -0.15) is 0 Å². The number of fused-ring (bicyclic) bond motifs is 2. The number of carbonyl (C=O) groups is 3. The highest BCUT2D eigenvalue weighted by Crippen LogP contribution is 2.35. The van der Waals surface area contributed by atoms with E-state index in [0.29, 0.717) is 41.1 Å². The van der Waals surface area contributed by atoms with Crippen molar-refractivity contribution < 1.29 is 23.5 Å². The van der Waals surface area contributed by atoms with Crippen LogP contribution in [0, 0.1) is 0 Å². The van der Waals surface area contributed by atoms with Crippen LogP contribution in [0.5, 0.6) is 5.75 Å². The van der Waals surface area contributed by atoms with Crippen molar-refractivity contribution >= 4 is 40.6 Å². The first-order valence-electron chi connectivity index (χ1n) is 10.7. The summed E-state index contributed by atoms with van der Waals surface area (Å²) in [5.74, 6) is -0.0507. The summed E-state index contributed by atoms with van der Waals surface area (Å²) >= 11 is 0. The summed E-state index contributed by atoms with van der Waals surface area (Å²) in [4.78, 5) is 48.6. The first-order chi connectivity index (χ1) is 16.5. The fraction of sp³-hybridized carbons (Fsp3) is 0.208. The average molecular weight is 457 g/mol. The van der Waals surface area contributed by atoms with Gasteiger partial charge in [-0.15, -0.1) is 0 Å². The molecule has 2 aromatic heterocycles. The number of hydrogen-bond acceptors (Lipinski definition) is 7. The lowest BCUT2D eigenvalue weighted by atomic mass is 9.95. The van der Waals surface area contributed by atoms with E-state index >= 15 is 0 Å². The summed E-state index contributed by atoms with van der Waals surface area (Å²) in [6.07, 6.45) is 5.35. The lowest BCUT2D eigenvalue weighted by Gasteiger charge is -2.29. The Morgan fingerprint density at radius 3 is 2.82 bits per heavy atom. The number of methoxy groups -OCH3 is 1. The summed E-state index contributed by atoms with van der Waals surface area (Å²) in [5.41, 5.74) is 1.83. The SMILES string of the molecule is COc1ccc2c(c1)C(=O)N(C[C@@]1(c3cc4cnc(C5=CCN=C5)cc4o3)NC(=O)NC1=O)C2. The van der Waals surface area contributed by atoms with E-state index in [4.69, 9.17) is 9.15 Å². The minimum Gasteiger partial charge on any atom is -0.497 e. The zero-order chi connectivity index (χ0) is 23.4. The molecule has 3 aliphatic rings. The highest BCUT2D eigenvalue weighted by molar-refractivity contribution is 6.11. The molecule has 1 fully saturated rings. The highest BCUT2D eigenvalue weighted by atomic mass is 16.5. The van der Waals surface area contributed by atoms with Crippen LogP contribution in [0.2, 0.25) is 0 Å². The van der Waals surface area contributed by atoms with E-state index in [1.165, 1.54) is 12.0 Å². The molecule has 0 spiro atoms. The molecule has 1 atom stereocenters. The first-order valence-corrected chi connectivity index (χ1v) is 10.7. The second kappa shape index (κ2) is 7.27. The Bertz CT molecular complexity index is 1460. The molecule has 2 N–H and O–H groups in total. The summed E-state index contributed by atoms with van der Waals surface area (Å²) in [5, 5.41) is 5.65. The molecule has 10 nitrogen and oxygen atoms in total. The number of furan rings is 1. The minimum absolute atomic E-state index is 0.0989. The van der Waals surface area contributed by atoms with Crippen LogP contribution in [-0.4, -0.2) is 54.1 Å². The molecule has 5 heterocycles. The molecule has 10 heteroatoms. The van der Waals surface area contributed by atoms with Crippen LogP contribution in [0.3, 0.4) is 0 Å². The van der Waals surface area contributed by atoms with E-state index in [2.05, 4.69) is 20.6 Å². The van der Waals surface area contributed by atoms with Gasteiger partial charge in [0, 0.05) is 41.5 Å². The Hall–Kier alpha value is -4.47. The first kappa shape index (κ1) is 20.2. The van der Waals surface area contributed by atoms with Gasteiger partial charge in [0.05, 0.1) is 25.9 Å². The molecule has 3 aromatic rings. The van der Waals surface area contributed by atoms with E-state index in [0.717, 1.165) is 11.1 Å². The van der Waals surface area contributed by atoms with Crippen LogP contribution in [0.25, 0.3) is 16.5 Å². The van der Waals surface area contributed by atoms with Gasteiger partial charge in [0.1, 0.15) is 17.1 Å². The van der Waals surface area contributed by atoms with Gasteiger partial charge < -0.3 is 19.4 Å². The zero-order valence-corrected chi connectivity index (χ0v) is 18.1. The molecule has 1 saturated heterocycles. The average Bonchev–Trinajstić information content (AvgIpc) is 3.61.